The van der Waals surface area contributed by atoms with E-state index in [-0.39, 0.29) is 0 Å². The van der Waals surface area contributed by atoms with Crippen molar-refractivity contribution >= 4 is 21.4 Å². The van der Waals surface area contributed by atoms with Crippen molar-refractivity contribution in [3.05, 3.63) is 17.0 Å². The summed E-state index contributed by atoms with van der Waals surface area (Å²) < 4.78 is 32.6. The molecule has 1 heterocycles. The number of hydrogen-bond donors (Lipinski definition) is 2. The first-order valence-electron chi connectivity index (χ1n) is 7.00. The van der Waals surface area contributed by atoms with Gasteiger partial charge >= 0.3 is 0 Å². The number of ether oxygens (including phenoxy) is 1. The van der Waals surface area contributed by atoms with Gasteiger partial charge in [0.2, 0.25) is 10.0 Å². The second-order valence-corrected chi connectivity index (χ2v) is 7.91. The molecule has 0 amide bonds. The highest BCUT2D eigenvalue weighted by Gasteiger charge is 2.17. The molecular formula is C13H22N2O3S2. The Labute approximate surface area is 124 Å². The lowest BCUT2D eigenvalue weighted by molar-refractivity contribution is 0.0321. The van der Waals surface area contributed by atoms with Gasteiger partial charge < -0.3 is 10.5 Å². The van der Waals surface area contributed by atoms with Gasteiger partial charge in [0, 0.05) is 13.1 Å². The highest BCUT2D eigenvalue weighted by molar-refractivity contribution is 7.91. The van der Waals surface area contributed by atoms with Gasteiger partial charge in [-0.25, -0.2) is 13.1 Å². The van der Waals surface area contributed by atoms with Crippen LogP contribution >= 0.6 is 11.3 Å². The molecule has 0 aromatic carbocycles. The highest BCUT2D eigenvalue weighted by Crippen LogP contribution is 2.21. The van der Waals surface area contributed by atoms with E-state index < -0.39 is 10.0 Å². The normalized spacial score (nSPS) is 17.4. The standard InChI is InChI=1S/C13H22N2O3S2/c14-9-11-8-13(19-10-11)20(16,17)15-6-7-18-12-4-2-1-3-5-12/h8,10,12,15H,1-7,9,14H2. The summed E-state index contributed by atoms with van der Waals surface area (Å²) >= 11 is 1.20. The summed E-state index contributed by atoms with van der Waals surface area (Å²) in [7, 11) is -3.42. The van der Waals surface area contributed by atoms with Crippen molar-refractivity contribution in [2.24, 2.45) is 5.73 Å². The Morgan fingerprint density at radius 1 is 1.35 bits per heavy atom. The summed E-state index contributed by atoms with van der Waals surface area (Å²) in [5, 5.41) is 1.77. The van der Waals surface area contributed by atoms with Crippen LogP contribution in [-0.2, 0) is 21.3 Å². The number of rotatable bonds is 7. The van der Waals surface area contributed by atoms with E-state index in [1.165, 1.54) is 30.6 Å². The first kappa shape index (κ1) is 15.9. The Hall–Kier alpha value is -0.470. The lowest BCUT2D eigenvalue weighted by atomic mass is 9.98. The zero-order valence-corrected chi connectivity index (χ0v) is 13.1. The van der Waals surface area contributed by atoms with E-state index in [2.05, 4.69) is 4.72 Å². The number of hydrogen-bond acceptors (Lipinski definition) is 5. The number of thiophene rings is 1. The van der Waals surface area contributed by atoms with Crippen LogP contribution in [0.3, 0.4) is 0 Å². The van der Waals surface area contributed by atoms with Crippen LogP contribution in [0.15, 0.2) is 15.7 Å². The van der Waals surface area contributed by atoms with Crippen molar-refractivity contribution in [2.75, 3.05) is 13.2 Å². The molecule has 0 saturated heterocycles. The Bertz CT molecular complexity index is 507. The molecular weight excluding hydrogens is 296 g/mol. The molecule has 1 fully saturated rings. The van der Waals surface area contributed by atoms with Gasteiger partial charge in [0.1, 0.15) is 4.21 Å². The minimum absolute atomic E-state index is 0.304. The second kappa shape index (κ2) is 7.51. The maximum absolute atomic E-state index is 12.0. The van der Waals surface area contributed by atoms with Gasteiger partial charge in [-0.05, 0) is 29.9 Å². The van der Waals surface area contributed by atoms with Crippen molar-refractivity contribution in [3.63, 3.8) is 0 Å². The average Bonchev–Trinajstić information content (AvgIpc) is 2.95. The monoisotopic (exact) mass is 318 g/mol. The maximum Gasteiger partial charge on any atom is 0.250 e. The summed E-state index contributed by atoms with van der Waals surface area (Å²) in [4.78, 5) is 0. The van der Waals surface area contributed by atoms with Gasteiger partial charge in [0.15, 0.2) is 0 Å². The minimum atomic E-state index is -3.42. The van der Waals surface area contributed by atoms with Crippen molar-refractivity contribution in [2.45, 2.75) is 49.0 Å². The largest absolute Gasteiger partial charge is 0.377 e. The molecule has 5 nitrogen and oxygen atoms in total. The molecule has 0 spiro atoms. The zero-order valence-electron chi connectivity index (χ0n) is 11.5. The molecule has 0 radical (unpaired) electrons. The molecule has 2 rings (SSSR count). The van der Waals surface area contributed by atoms with Crippen LogP contribution in [0.25, 0.3) is 0 Å². The van der Waals surface area contributed by atoms with Crippen molar-refractivity contribution in [1.82, 2.24) is 4.72 Å². The maximum atomic E-state index is 12.0. The smallest absolute Gasteiger partial charge is 0.250 e. The van der Waals surface area contributed by atoms with Gasteiger partial charge in [-0.1, -0.05) is 19.3 Å². The molecule has 1 saturated carbocycles. The predicted molar refractivity (Wildman–Crippen MR) is 80.2 cm³/mol. The van der Waals surface area contributed by atoms with Crippen LogP contribution in [-0.4, -0.2) is 27.7 Å². The van der Waals surface area contributed by atoms with Crippen LogP contribution in [0.4, 0.5) is 0 Å². The molecule has 7 heteroatoms. The SMILES string of the molecule is NCc1csc(S(=O)(=O)NCCOC2CCCCC2)c1. The third-order valence-corrected chi connectivity index (χ3v) is 6.38. The van der Waals surface area contributed by atoms with Gasteiger partial charge in [-0.3, -0.25) is 0 Å². The molecule has 0 bridgehead atoms. The lowest BCUT2D eigenvalue weighted by Crippen LogP contribution is -2.29. The number of sulfonamides is 1. The Kier molecular flexibility index (Phi) is 5.98. The Morgan fingerprint density at radius 2 is 2.10 bits per heavy atom. The Balaban J connectivity index is 1.74. The van der Waals surface area contributed by atoms with Crippen molar-refractivity contribution < 1.29 is 13.2 Å². The third-order valence-electron chi connectivity index (χ3n) is 3.43. The molecule has 0 atom stereocenters. The summed E-state index contributed by atoms with van der Waals surface area (Å²) in [5.74, 6) is 0. The molecule has 0 aliphatic heterocycles. The molecule has 1 aromatic heterocycles. The fourth-order valence-electron chi connectivity index (χ4n) is 2.31. The zero-order chi connectivity index (χ0) is 14.4. The molecule has 1 aliphatic carbocycles. The van der Waals surface area contributed by atoms with E-state index in [4.69, 9.17) is 10.5 Å². The average molecular weight is 318 g/mol. The molecule has 1 aromatic rings. The summed E-state index contributed by atoms with van der Waals surface area (Å²) in [5.41, 5.74) is 6.32. The topological polar surface area (TPSA) is 81.4 Å². The van der Waals surface area contributed by atoms with Gasteiger partial charge in [0.05, 0.1) is 12.7 Å². The minimum Gasteiger partial charge on any atom is -0.377 e. The quantitative estimate of drug-likeness (QED) is 0.752. The molecule has 3 N–H and O–H groups in total. The van der Waals surface area contributed by atoms with Crippen LogP contribution in [0, 0.1) is 0 Å². The summed E-state index contributed by atoms with van der Waals surface area (Å²) in [6, 6.07) is 1.62. The predicted octanol–water partition coefficient (Wildman–Crippen LogP) is 1.83. The molecule has 20 heavy (non-hydrogen) atoms. The van der Waals surface area contributed by atoms with Gasteiger partial charge in [-0.15, -0.1) is 11.3 Å². The van der Waals surface area contributed by atoms with E-state index in [9.17, 15) is 8.42 Å². The van der Waals surface area contributed by atoms with E-state index in [1.807, 2.05) is 0 Å². The second-order valence-electron chi connectivity index (χ2n) is 5.01. The Morgan fingerprint density at radius 3 is 2.75 bits per heavy atom. The van der Waals surface area contributed by atoms with E-state index in [0.29, 0.717) is 30.0 Å². The van der Waals surface area contributed by atoms with Crippen molar-refractivity contribution in [3.8, 4) is 0 Å². The van der Waals surface area contributed by atoms with Crippen LogP contribution in [0.5, 0.6) is 0 Å². The highest BCUT2D eigenvalue weighted by atomic mass is 32.2. The van der Waals surface area contributed by atoms with E-state index in [0.717, 1.165) is 18.4 Å². The fraction of sp³-hybridized carbons (Fsp3) is 0.692. The lowest BCUT2D eigenvalue weighted by Gasteiger charge is -2.21. The van der Waals surface area contributed by atoms with Gasteiger partial charge in [0.25, 0.3) is 0 Å². The molecule has 114 valence electrons. The van der Waals surface area contributed by atoms with E-state index >= 15 is 0 Å². The first-order valence-corrected chi connectivity index (χ1v) is 9.37. The van der Waals surface area contributed by atoms with E-state index in [1.54, 1.807) is 11.4 Å². The number of nitrogens with two attached hydrogens (primary N) is 1. The van der Waals surface area contributed by atoms with Crippen LogP contribution in [0.2, 0.25) is 0 Å². The first-order chi connectivity index (χ1) is 9.62. The molecule has 0 unspecified atom stereocenters. The van der Waals surface area contributed by atoms with Crippen LogP contribution in [0.1, 0.15) is 37.7 Å². The molecule has 1 aliphatic rings. The fourth-order valence-corrected chi connectivity index (χ4v) is 4.59. The third kappa shape index (κ3) is 4.53. The summed E-state index contributed by atoms with van der Waals surface area (Å²) in [6.45, 7) is 1.10. The van der Waals surface area contributed by atoms with Crippen molar-refractivity contribution in [1.29, 1.82) is 0 Å². The van der Waals surface area contributed by atoms with Crippen LogP contribution < -0.4 is 10.5 Å². The summed E-state index contributed by atoms with van der Waals surface area (Å²) in [6.07, 6.45) is 6.21. The number of nitrogens with one attached hydrogen (secondary N) is 1. The van der Waals surface area contributed by atoms with Gasteiger partial charge in [-0.2, -0.15) is 0 Å².